The van der Waals surface area contributed by atoms with Gasteiger partial charge in [-0.3, -0.25) is 9.48 Å². The summed E-state index contributed by atoms with van der Waals surface area (Å²) in [5.41, 5.74) is 1.18. The van der Waals surface area contributed by atoms with E-state index in [1.165, 1.54) is 4.68 Å². The van der Waals surface area contributed by atoms with Crippen molar-refractivity contribution in [3.63, 3.8) is 0 Å². The average molecular weight is 316 g/mol. The van der Waals surface area contributed by atoms with Crippen LogP contribution in [-0.4, -0.2) is 34.9 Å². The first-order chi connectivity index (χ1) is 9.73. The Morgan fingerprint density at radius 3 is 2.43 bits per heavy atom. The molecule has 0 aliphatic rings. The molecule has 0 spiro atoms. The lowest BCUT2D eigenvalue weighted by Crippen LogP contribution is -2.36. The monoisotopic (exact) mass is 315 g/mol. The smallest absolute Gasteiger partial charge is 0.256 e. The lowest BCUT2D eigenvalue weighted by Gasteiger charge is -2.15. The van der Waals surface area contributed by atoms with Crippen LogP contribution in [0.3, 0.4) is 0 Å². The predicted octanol–water partition coefficient (Wildman–Crippen LogP) is 2.99. The van der Waals surface area contributed by atoms with Crippen molar-refractivity contribution in [2.75, 3.05) is 13.2 Å². The quantitative estimate of drug-likeness (QED) is 0.841. The van der Waals surface area contributed by atoms with Crippen molar-refractivity contribution >= 4 is 17.5 Å². The third-order valence-corrected chi connectivity index (χ3v) is 3.41. The maximum absolute atomic E-state index is 12.4. The molecule has 0 saturated carbocycles. The summed E-state index contributed by atoms with van der Waals surface area (Å²) in [6.45, 7) is 11.2. The van der Waals surface area contributed by atoms with Crippen LogP contribution in [0, 0.1) is 5.92 Å². The molecule has 1 N–H and O–H groups in total. The minimum absolute atomic E-state index is 0.0764. The number of halogens is 1. The van der Waals surface area contributed by atoms with Crippen LogP contribution in [0.4, 0.5) is 0 Å². The molecular formula is C15H26ClN3O2. The Morgan fingerprint density at radius 2 is 1.90 bits per heavy atom. The molecule has 1 amide bonds. The largest absolute Gasteiger partial charge is 0.379 e. The molecule has 0 fully saturated rings. The Labute approximate surface area is 132 Å². The second-order valence-corrected chi connectivity index (χ2v) is 6.49. The summed E-state index contributed by atoms with van der Waals surface area (Å²) in [6.07, 6.45) is 0. The Hall–Kier alpha value is -1.07. The molecule has 0 aliphatic carbocycles. The summed E-state index contributed by atoms with van der Waals surface area (Å²) < 4.78 is 7.07. The highest BCUT2D eigenvalue weighted by Gasteiger charge is 2.24. The van der Waals surface area contributed by atoms with Crippen LogP contribution in [0.1, 0.15) is 56.6 Å². The van der Waals surface area contributed by atoms with Gasteiger partial charge >= 0.3 is 0 Å². The summed E-state index contributed by atoms with van der Waals surface area (Å²) in [7, 11) is 1.74. The fraction of sp³-hybridized carbons (Fsp3) is 0.733. The van der Waals surface area contributed by atoms with E-state index in [9.17, 15) is 4.79 Å². The fourth-order valence-electron chi connectivity index (χ4n) is 1.96. The van der Waals surface area contributed by atoms with Crippen LogP contribution < -0.4 is 5.32 Å². The highest BCUT2D eigenvalue weighted by molar-refractivity contribution is 6.33. The topological polar surface area (TPSA) is 56.1 Å². The Kier molecular flexibility index (Phi) is 6.68. The molecule has 0 aromatic carbocycles. The first-order valence-corrected chi connectivity index (χ1v) is 7.72. The molecule has 1 atom stereocenters. The Balaban J connectivity index is 2.71. The van der Waals surface area contributed by atoms with E-state index in [2.05, 4.69) is 24.3 Å². The Morgan fingerprint density at radius 1 is 1.29 bits per heavy atom. The third-order valence-electron chi connectivity index (χ3n) is 2.97. The number of rotatable bonds is 7. The summed E-state index contributed by atoms with van der Waals surface area (Å²) in [6, 6.07) is -0.0764. The predicted molar refractivity (Wildman–Crippen MR) is 84.9 cm³/mol. The molecule has 0 saturated heterocycles. The molecule has 1 rings (SSSR count). The van der Waals surface area contributed by atoms with Crippen molar-refractivity contribution < 1.29 is 9.53 Å². The van der Waals surface area contributed by atoms with E-state index in [1.807, 2.05) is 20.8 Å². The van der Waals surface area contributed by atoms with Crippen LogP contribution in [0.2, 0.25) is 5.15 Å². The van der Waals surface area contributed by atoms with E-state index in [4.69, 9.17) is 16.3 Å². The van der Waals surface area contributed by atoms with Crippen LogP contribution in [0.5, 0.6) is 0 Å². The van der Waals surface area contributed by atoms with Crippen LogP contribution in [0.15, 0.2) is 0 Å². The molecule has 6 heteroatoms. The molecule has 1 aromatic heterocycles. The van der Waals surface area contributed by atoms with Crippen molar-refractivity contribution in [2.24, 2.45) is 13.0 Å². The van der Waals surface area contributed by atoms with E-state index in [-0.39, 0.29) is 17.9 Å². The molecule has 1 aromatic rings. The van der Waals surface area contributed by atoms with Gasteiger partial charge < -0.3 is 10.1 Å². The molecule has 0 bridgehead atoms. The van der Waals surface area contributed by atoms with Crippen molar-refractivity contribution in [2.45, 2.75) is 46.6 Å². The molecule has 0 aliphatic heterocycles. The number of ether oxygens (including phenoxy) is 1. The lowest BCUT2D eigenvalue weighted by atomic mass is 10.1. The molecule has 1 unspecified atom stereocenters. The number of aryl methyl sites for hydroxylation is 1. The number of carbonyl (C=O) groups is 1. The van der Waals surface area contributed by atoms with Gasteiger partial charge in [-0.25, -0.2) is 0 Å². The van der Waals surface area contributed by atoms with Crippen molar-refractivity contribution in [3.8, 4) is 0 Å². The van der Waals surface area contributed by atoms with Crippen molar-refractivity contribution in [1.82, 2.24) is 15.1 Å². The van der Waals surface area contributed by atoms with E-state index in [1.54, 1.807) is 7.05 Å². The zero-order valence-corrected chi connectivity index (χ0v) is 14.5. The summed E-state index contributed by atoms with van der Waals surface area (Å²) in [5, 5.41) is 7.60. The van der Waals surface area contributed by atoms with Crippen molar-refractivity contribution in [1.29, 1.82) is 0 Å². The minimum Gasteiger partial charge on any atom is -0.379 e. The van der Waals surface area contributed by atoms with Crippen LogP contribution in [-0.2, 0) is 11.8 Å². The minimum atomic E-state index is -0.197. The highest BCUT2D eigenvalue weighted by atomic mass is 35.5. The van der Waals surface area contributed by atoms with Gasteiger partial charge in [0.15, 0.2) is 0 Å². The van der Waals surface area contributed by atoms with Gasteiger partial charge in [-0.15, -0.1) is 0 Å². The van der Waals surface area contributed by atoms with Gasteiger partial charge in [0.25, 0.3) is 5.91 Å². The number of hydrogen-bond donors (Lipinski definition) is 1. The summed E-state index contributed by atoms with van der Waals surface area (Å²) in [5.74, 6) is 0.419. The SMILES string of the molecule is CC(C)COCC(C)NC(=O)c1c(C(C)C)nn(C)c1Cl. The standard InChI is InChI=1S/C15H26ClN3O2/c1-9(2)7-21-8-11(5)17-15(20)12-13(10(3)4)18-19(6)14(12)16/h9-11H,7-8H2,1-6H3,(H,17,20). The van der Waals surface area contributed by atoms with Crippen molar-refractivity contribution in [3.05, 3.63) is 16.4 Å². The van der Waals surface area contributed by atoms with E-state index in [0.717, 1.165) is 5.69 Å². The van der Waals surface area contributed by atoms with Gasteiger partial charge in [-0.1, -0.05) is 39.3 Å². The zero-order valence-electron chi connectivity index (χ0n) is 13.7. The molecule has 0 radical (unpaired) electrons. The van der Waals surface area contributed by atoms with E-state index in [0.29, 0.717) is 29.8 Å². The van der Waals surface area contributed by atoms with Gasteiger partial charge in [0.2, 0.25) is 0 Å². The summed E-state index contributed by atoms with van der Waals surface area (Å²) in [4.78, 5) is 12.4. The average Bonchev–Trinajstić information content (AvgIpc) is 2.65. The number of nitrogens with one attached hydrogen (secondary N) is 1. The first kappa shape index (κ1) is 18.0. The number of amides is 1. The number of hydrogen-bond acceptors (Lipinski definition) is 3. The lowest BCUT2D eigenvalue weighted by molar-refractivity contribution is 0.0791. The maximum atomic E-state index is 12.4. The Bertz CT molecular complexity index is 484. The van der Waals surface area contributed by atoms with Crippen LogP contribution >= 0.6 is 11.6 Å². The number of carbonyl (C=O) groups excluding carboxylic acids is 1. The fourth-order valence-corrected chi connectivity index (χ4v) is 2.18. The molecule has 1 heterocycles. The molecule has 120 valence electrons. The third kappa shape index (κ3) is 5.00. The molecule has 5 nitrogen and oxygen atoms in total. The molecule has 21 heavy (non-hydrogen) atoms. The van der Waals surface area contributed by atoms with Gasteiger partial charge in [0.1, 0.15) is 5.15 Å². The highest BCUT2D eigenvalue weighted by Crippen LogP contribution is 2.25. The maximum Gasteiger partial charge on any atom is 0.256 e. The van der Waals surface area contributed by atoms with E-state index >= 15 is 0 Å². The van der Waals surface area contributed by atoms with Gasteiger partial charge in [-0.2, -0.15) is 5.10 Å². The van der Waals surface area contributed by atoms with Crippen LogP contribution in [0.25, 0.3) is 0 Å². The second kappa shape index (κ2) is 7.80. The second-order valence-electron chi connectivity index (χ2n) is 6.14. The molecular weight excluding hydrogens is 290 g/mol. The van der Waals surface area contributed by atoms with E-state index < -0.39 is 0 Å². The normalized spacial score (nSPS) is 13.0. The van der Waals surface area contributed by atoms with Gasteiger partial charge in [-0.05, 0) is 18.8 Å². The first-order valence-electron chi connectivity index (χ1n) is 7.35. The zero-order chi connectivity index (χ0) is 16.2. The van der Waals surface area contributed by atoms with Gasteiger partial charge in [0, 0.05) is 19.7 Å². The number of nitrogens with zero attached hydrogens (tertiary/aromatic N) is 2. The van der Waals surface area contributed by atoms with Gasteiger partial charge in [0.05, 0.1) is 17.9 Å². The summed E-state index contributed by atoms with van der Waals surface area (Å²) >= 11 is 6.19. The number of aromatic nitrogens is 2.